The summed E-state index contributed by atoms with van der Waals surface area (Å²) in [7, 11) is 0. The fourth-order valence-corrected chi connectivity index (χ4v) is 3.45. The minimum Gasteiger partial charge on any atom is -0.431 e. The second kappa shape index (κ2) is 7.58. The van der Waals surface area contributed by atoms with E-state index in [2.05, 4.69) is 0 Å². The van der Waals surface area contributed by atoms with Gasteiger partial charge in [-0.05, 0) is 17.7 Å². The molecule has 4 rings (SSSR count). The van der Waals surface area contributed by atoms with Gasteiger partial charge in [-0.15, -0.1) is 0 Å². The summed E-state index contributed by atoms with van der Waals surface area (Å²) in [4.78, 5) is 4.71. The smallest absolute Gasteiger partial charge is 0.257 e. The number of oxazole rings is 1. The predicted octanol–water partition coefficient (Wildman–Crippen LogP) is 6.44. The van der Waals surface area contributed by atoms with Crippen molar-refractivity contribution in [1.29, 1.82) is 0 Å². The van der Waals surface area contributed by atoms with E-state index in [1.54, 1.807) is 12.1 Å². The number of aromatic nitrogens is 1. The van der Waals surface area contributed by atoms with Crippen LogP contribution < -0.4 is 0 Å². The second-order valence-corrected chi connectivity index (χ2v) is 6.73. The number of nitrogens with zero attached hydrogens (tertiary/aromatic N) is 1. The molecule has 1 heterocycles. The van der Waals surface area contributed by atoms with E-state index in [0.717, 1.165) is 28.1 Å². The first-order valence-electron chi connectivity index (χ1n) is 8.28. The quantitative estimate of drug-likeness (QED) is 0.383. The Morgan fingerprint density at radius 2 is 1.38 bits per heavy atom. The molecule has 2 nitrogen and oxygen atoms in total. The van der Waals surface area contributed by atoms with Crippen molar-refractivity contribution >= 4 is 11.8 Å². The van der Waals surface area contributed by atoms with Crippen LogP contribution in [0.2, 0.25) is 0 Å². The zero-order chi connectivity index (χ0) is 17.8. The lowest BCUT2D eigenvalue weighted by atomic mass is 10.1. The van der Waals surface area contributed by atoms with Crippen LogP contribution in [0.1, 0.15) is 5.56 Å². The van der Waals surface area contributed by atoms with Crippen LogP contribution in [0.4, 0.5) is 4.39 Å². The number of benzene rings is 3. The van der Waals surface area contributed by atoms with Gasteiger partial charge >= 0.3 is 0 Å². The van der Waals surface area contributed by atoms with E-state index in [1.807, 2.05) is 60.7 Å². The molecule has 1 aromatic heterocycles. The molecule has 128 valence electrons. The van der Waals surface area contributed by atoms with E-state index in [9.17, 15) is 4.39 Å². The van der Waals surface area contributed by atoms with Crippen LogP contribution in [0.15, 0.2) is 94.6 Å². The summed E-state index contributed by atoms with van der Waals surface area (Å²) < 4.78 is 19.1. The number of thioether (sulfide) groups is 1. The summed E-state index contributed by atoms with van der Waals surface area (Å²) in [5.41, 5.74) is 3.87. The molecule has 0 aliphatic heterocycles. The molecule has 3 aromatic carbocycles. The molecule has 0 saturated carbocycles. The number of hydrogen-bond acceptors (Lipinski definition) is 3. The molecular weight excluding hydrogens is 345 g/mol. The summed E-state index contributed by atoms with van der Waals surface area (Å²) in [6.07, 6.45) is 0. The fraction of sp³-hybridized carbons (Fsp3) is 0.0455. The van der Waals surface area contributed by atoms with Crippen LogP contribution in [-0.2, 0) is 5.75 Å². The predicted molar refractivity (Wildman–Crippen MR) is 103 cm³/mol. The summed E-state index contributed by atoms with van der Waals surface area (Å²) in [5, 5.41) is 0.604. The molecule has 4 aromatic rings. The van der Waals surface area contributed by atoms with Gasteiger partial charge in [0.05, 0.1) is 0 Å². The second-order valence-electron chi connectivity index (χ2n) is 5.80. The minimum absolute atomic E-state index is 0.229. The average molecular weight is 361 g/mol. The van der Waals surface area contributed by atoms with Crippen molar-refractivity contribution in [3.63, 3.8) is 0 Å². The maximum Gasteiger partial charge on any atom is 0.257 e. The van der Waals surface area contributed by atoms with E-state index in [0.29, 0.717) is 11.0 Å². The Hall–Kier alpha value is -2.85. The highest BCUT2D eigenvalue weighted by atomic mass is 32.2. The normalized spacial score (nSPS) is 10.8. The third kappa shape index (κ3) is 3.70. The fourth-order valence-electron chi connectivity index (χ4n) is 2.66. The molecule has 0 N–H and O–H groups in total. The van der Waals surface area contributed by atoms with Crippen LogP contribution in [0.5, 0.6) is 0 Å². The van der Waals surface area contributed by atoms with Gasteiger partial charge in [-0.3, -0.25) is 0 Å². The van der Waals surface area contributed by atoms with Crippen molar-refractivity contribution in [3.05, 3.63) is 96.3 Å². The van der Waals surface area contributed by atoms with Gasteiger partial charge in [0.15, 0.2) is 5.76 Å². The SMILES string of the molecule is Fc1ccc(CSc2nc(-c3ccccc3)c(-c3ccccc3)o2)cc1. The molecule has 0 saturated heterocycles. The summed E-state index contributed by atoms with van der Waals surface area (Å²) in [5.74, 6) is 1.20. The minimum atomic E-state index is -0.229. The Balaban J connectivity index is 1.66. The highest BCUT2D eigenvalue weighted by molar-refractivity contribution is 7.98. The average Bonchev–Trinajstić information content (AvgIpc) is 3.13. The standard InChI is InChI=1S/C22H16FNOS/c23-19-13-11-16(12-14-19)15-26-22-24-20(17-7-3-1-4-8-17)21(25-22)18-9-5-2-6-10-18/h1-14H,15H2. The van der Waals surface area contributed by atoms with Gasteiger partial charge in [0.2, 0.25) is 0 Å². The molecular formula is C22H16FNOS. The third-order valence-corrected chi connectivity index (χ3v) is 4.87. The molecule has 26 heavy (non-hydrogen) atoms. The molecule has 0 amide bonds. The van der Waals surface area contributed by atoms with Crippen molar-refractivity contribution in [2.45, 2.75) is 11.0 Å². The first-order chi connectivity index (χ1) is 12.8. The highest BCUT2D eigenvalue weighted by Gasteiger charge is 2.17. The summed E-state index contributed by atoms with van der Waals surface area (Å²) in [6.45, 7) is 0. The van der Waals surface area contributed by atoms with Crippen LogP contribution in [-0.4, -0.2) is 4.98 Å². The van der Waals surface area contributed by atoms with Gasteiger partial charge < -0.3 is 4.42 Å². The lowest BCUT2D eigenvalue weighted by Crippen LogP contribution is -1.83. The molecule has 0 aliphatic rings. The van der Waals surface area contributed by atoms with Gasteiger partial charge in [0, 0.05) is 16.9 Å². The van der Waals surface area contributed by atoms with Gasteiger partial charge in [0.25, 0.3) is 5.22 Å². The van der Waals surface area contributed by atoms with E-state index < -0.39 is 0 Å². The summed E-state index contributed by atoms with van der Waals surface area (Å²) >= 11 is 1.50. The number of halogens is 1. The van der Waals surface area contributed by atoms with E-state index in [4.69, 9.17) is 9.40 Å². The van der Waals surface area contributed by atoms with E-state index in [1.165, 1.54) is 23.9 Å². The van der Waals surface area contributed by atoms with Crippen molar-refractivity contribution in [1.82, 2.24) is 4.98 Å². The van der Waals surface area contributed by atoms with Gasteiger partial charge in [-0.25, -0.2) is 9.37 Å². The van der Waals surface area contributed by atoms with Crippen LogP contribution in [0.25, 0.3) is 22.6 Å². The molecule has 0 spiro atoms. The van der Waals surface area contributed by atoms with E-state index in [-0.39, 0.29) is 5.82 Å². The highest BCUT2D eigenvalue weighted by Crippen LogP contribution is 2.36. The molecule has 0 fully saturated rings. The van der Waals surface area contributed by atoms with E-state index >= 15 is 0 Å². The van der Waals surface area contributed by atoms with Gasteiger partial charge in [0.1, 0.15) is 11.5 Å². The molecule has 0 aliphatic carbocycles. The largest absolute Gasteiger partial charge is 0.431 e. The Kier molecular flexibility index (Phi) is 4.84. The molecule has 0 atom stereocenters. The molecule has 0 radical (unpaired) electrons. The lowest BCUT2D eigenvalue weighted by molar-refractivity contribution is 0.466. The Labute approximate surface area is 155 Å². The summed E-state index contributed by atoms with van der Waals surface area (Å²) in [6, 6.07) is 26.5. The first kappa shape index (κ1) is 16.6. The molecule has 0 bridgehead atoms. The molecule has 4 heteroatoms. The maximum atomic E-state index is 13.0. The van der Waals surface area contributed by atoms with Gasteiger partial charge in [-0.1, -0.05) is 84.6 Å². The zero-order valence-electron chi connectivity index (χ0n) is 13.9. The maximum absolute atomic E-state index is 13.0. The monoisotopic (exact) mass is 361 g/mol. The Morgan fingerprint density at radius 3 is 2.04 bits per heavy atom. The lowest BCUT2D eigenvalue weighted by Gasteiger charge is -2.00. The van der Waals surface area contributed by atoms with Crippen LogP contribution in [0.3, 0.4) is 0 Å². The zero-order valence-corrected chi connectivity index (χ0v) is 14.7. The first-order valence-corrected chi connectivity index (χ1v) is 9.27. The van der Waals surface area contributed by atoms with Crippen LogP contribution >= 0.6 is 11.8 Å². The Bertz CT molecular complexity index is 925. The topological polar surface area (TPSA) is 26.0 Å². The van der Waals surface area contributed by atoms with Crippen LogP contribution in [0, 0.1) is 5.82 Å². The van der Waals surface area contributed by atoms with Crippen molar-refractivity contribution in [2.24, 2.45) is 0 Å². The van der Waals surface area contributed by atoms with Crippen molar-refractivity contribution in [2.75, 3.05) is 0 Å². The van der Waals surface area contributed by atoms with Crippen molar-refractivity contribution < 1.29 is 8.81 Å². The Morgan fingerprint density at radius 1 is 0.769 bits per heavy atom. The third-order valence-electron chi connectivity index (χ3n) is 3.97. The molecule has 0 unspecified atom stereocenters. The number of hydrogen-bond donors (Lipinski definition) is 0. The number of rotatable bonds is 5. The van der Waals surface area contributed by atoms with Crippen molar-refractivity contribution in [3.8, 4) is 22.6 Å². The van der Waals surface area contributed by atoms with Gasteiger partial charge in [-0.2, -0.15) is 0 Å².